The van der Waals surface area contributed by atoms with Crippen LogP contribution in [0.5, 0.6) is 0 Å². The number of carbonyl (C=O) groups excluding carboxylic acids is 2. The fourth-order valence-electron chi connectivity index (χ4n) is 2.75. The van der Waals surface area contributed by atoms with Crippen molar-refractivity contribution in [3.8, 4) is 10.7 Å². The second kappa shape index (κ2) is 8.15. The number of methoxy groups -OCH3 is 1. The van der Waals surface area contributed by atoms with Gasteiger partial charge >= 0.3 is 5.97 Å². The number of nitrogens with zero attached hydrogens (tertiary/aromatic N) is 3. The zero-order chi connectivity index (χ0) is 19.5. The molecule has 9 heteroatoms. The maximum Gasteiger partial charge on any atom is 0.337 e. The van der Waals surface area contributed by atoms with Gasteiger partial charge in [-0.3, -0.25) is 9.36 Å². The highest BCUT2D eigenvalue weighted by Gasteiger charge is 2.30. The Kier molecular flexibility index (Phi) is 5.45. The van der Waals surface area contributed by atoms with Gasteiger partial charge in [0.2, 0.25) is 5.91 Å². The summed E-state index contributed by atoms with van der Waals surface area (Å²) < 4.78 is 6.81. The number of nitrogens with one attached hydrogen (secondary N) is 1. The molecule has 0 spiro atoms. The van der Waals surface area contributed by atoms with Crippen LogP contribution in [0, 0.1) is 0 Å². The van der Waals surface area contributed by atoms with Crippen molar-refractivity contribution in [2.24, 2.45) is 0 Å². The lowest BCUT2D eigenvalue weighted by Crippen LogP contribution is -2.14. The molecule has 0 aliphatic heterocycles. The van der Waals surface area contributed by atoms with Crippen LogP contribution < -0.4 is 5.32 Å². The lowest BCUT2D eigenvalue weighted by Gasteiger charge is -2.08. The highest BCUT2D eigenvalue weighted by Crippen LogP contribution is 2.41. The van der Waals surface area contributed by atoms with Crippen LogP contribution >= 0.6 is 23.1 Å². The monoisotopic (exact) mass is 414 g/mol. The van der Waals surface area contributed by atoms with Crippen LogP contribution in [0.3, 0.4) is 0 Å². The maximum atomic E-state index is 12.3. The Morgan fingerprint density at radius 1 is 1.25 bits per heavy atom. The molecule has 1 aliphatic carbocycles. The van der Waals surface area contributed by atoms with Gasteiger partial charge in [-0.25, -0.2) is 4.79 Å². The number of anilines is 1. The minimum atomic E-state index is -0.408. The smallest absolute Gasteiger partial charge is 0.337 e. The van der Waals surface area contributed by atoms with Crippen molar-refractivity contribution < 1.29 is 14.3 Å². The van der Waals surface area contributed by atoms with E-state index in [1.54, 1.807) is 35.6 Å². The first-order valence-electron chi connectivity index (χ1n) is 8.75. The summed E-state index contributed by atoms with van der Waals surface area (Å²) in [6, 6.07) is 11.0. The summed E-state index contributed by atoms with van der Waals surface area (Å²) in [4.78, 5) is 24.9. The van der Waals surface area contributed by atoms with Crippen molar-refractivity contribution in [1.82, 2.24) is 14.8 Å². The number of benzene rings is 1. The number of hydrogen-bond acceptors (Lipinski definition) is 7. The standard InChI is InChI=1S/C19H18N4O3S2/c1-26-18(25)12-4-6-13(7-5-12)20-16(24)11-28-19-22-21-17(15-3-2-10-27-15)23(19)14-8-9-14/h2-7,10,14H,8-9,11H2,1H3,(H,20,24). The fraction of sp³-hybridized carbons (Fsp3) is 0.263. The third kappa shape index (κ3) is 4.10. The zero-order valence-electron chi connectivity index (χ0n) is 15.1. The van der Waals surface area contributed by atoms with E-state index in [0.29, 0.717) is 17.3 Å². The Morgan fingerprint density at radius 3 is 2.68 bits per heavy atom. The third-order valence-corrected chi connectivity index (χ3v) is 6.05. The van der Waals surface area contributed by atoms with Crippen molar-refractivity contribution in [2.45, 2.75) is 24.0 Å². The van der Waals surface area contributed by atoms with Crippen molar-refractivity contribution >= 4 is 40.7 Å². The Labute approximate surface area is 170 Å². The number of rotatable bonds is 7. The first-order valence-corrected chi connectivity index (χ1v) is 10.6. The van der Waals surface area contributed by atoms with Crippen molar-refractivity contribution in [3.63, 3.8) is 0 Å². The number of thioether (sulfide) groups is 1. The number of hydrogen-bond donors (Lipinski definition) is 1. The van der Waals surface area contributed by atoms with Crippen molar-refractivity contribution in [1.29, 1.82) is 0 Å². The van der Waals surface area contributed by atoms with Crippen LogP contribution in [0.15, 0.2) is 46.9 Å². The normalized spacial score (nSPS) is 13.3. The first kappa shape index (κ1) is 18.7. The number of aromatic nitrogens is 3. The molecule has 28 heavy (non-hydrogen) atoms. The van der Waals surface area contributed by atoms with Gasteiger partial charge in [0.1, 0.15) is 0 Å². The summed E-state index contributed by atoms with van der Waals surface area (Å²) in [5.74, 6) is 0.556. The summed E-state index contributed by atoms with van der Waals surface area (Å²) in [7, 11) is 1.33. The van der Waals surface area contributed by atoms with E-state index in [-0.39, 0.29) is 11.7 Å². The van der Waals surface area contributed by atoms with Crippen LogP contribution in [0.2, 0.25) is 0 Å². The number of thiophene rings is 1. The van der Waals surface area contributed by atoms with Gasteiger partial charge in [-0.1, -0.05) is 17.8 Å². The number of ether oxygens (including phenoxy) is 1. The number of amides is 1. The Balaban J connectivity index is 1.39. The minimum absolute atomic E-state index is 0.140. The van der Waals surface area contributed by atoms with Crippen LogP contribution in [0.25, 0.3) is 10.7 Å². The third-order valence-electron chi connectivity index (χ3n) is 4.24. The highest BCUT2D eigenvalue weighted by atomic mass is 32.2. The van der Waals surface area contributed by atoms with Gasteiger partial charge < -0.3 is 10.1 Å². The van der Waals surface area contributed by atoms with Gasteiger partial charge in [0, 0.05) is 11.7 Å². The molecule has 2 aromatic heterocycles. The van der Waals surface area contributed by atoms with Gasteiger partial charge in [-0.05, 0) is 48.6 Å². The van der Waals surface area contributed by atoms with E-state index in [0.717, 1.165) is 28.7 Å². The fourth-order valence-corrected chi connectivity index (χ4v) is 4.26. The lowest BCUT2D eigenvalue weighted by molar-refractivity contribution is -0.113. The van der Waals surface area contributed by atoms with Gasteiger partial charge in [0.15, 0.2) is 11.0 Å². The zero-order valence-corrected chi connectivity index (χ0v) is 16.8. The second-order valence-electron chi connectivity index (χ2n) is 6.29. The van der Waals surface area contributed by atoms with Crippen LogP contribution in [-0.4, -0.2) is 39.5 Å². The van der Waals surface area contributed by atoms with E-state index < -0.39 is 5.97 Å². The van der Waals surface area contributed by atoms with Crippen molar-refractivity contribution in [2.75, 3.05) is 18.2 Å². The maximum absolute atomic E-state index is 12.3. The quantitative estimate of drug-likeness (QED) is 0.467. The van der Waals surface area contributed by atoms with Crippen molar-refractivity contribution in [3.05, 3.63) is 47.3 Å². The molecule has 1 saturated carbocycles. The molecular formula is C19H18N4O3S2. The predicted octanol–water partition coefficient (Wildman–Crippen LogP) is 3.86. The average molecular weight is 415 g/mol. The summed E-state index contributed by atoms with van der Waals surface area (Å²) >= 11 is 3.02. The van der Waals surface area contributed by atoms with Gasteiger partial charge in [-0.15, -0.1) is 21.5 Å². The molecule has 7 nitrogen and oxygen atoms in total. The molecule has 0 bridgehead atoms. The molecule has 1 aliphatic rings. The van der Waals surface area contributed by atoms with E-state index in [1.807, 2.05) is 17.5 Å². The largest absolute Gasteiger partial charge is 0.465 e. The predicted molar refractivity (Wildman–Crippen MR) is 109 cm³/mol. The van der Waals surface area contributed by atoms with E-state index in [1.165, 1.54) is 18.9 Å². The summed E-state index contributed by atoms with van der Waals surface area (Å²) in [6.07, 6.45) is 2.23. The Morgan fingerprint density at radius 2 is 2.04 bits per heavy atom. The first-order chi connectivity index (χ1) is 13.7. The van der Waals surface area contributed by atoms with Crippen LogP contribution in [-0.2, 0) is 9.53 Å². The molecule has 0 saturated heterocycles. The number of carbonyl (C=O) groups is 2. The molecule has 1 amide bonds. The molecule has 0 unspecified atom stereocenters. The summed E-state index contributed by atoms with van der Waals surface area (Å²) in [5.41, 5.74) is 1.06. The molecule has 4 rings (SSSR count). The minimum Gasteiger partial charge on any atom is -0.465 e. The Bertz CT molecular complexity index is 979. The van der Waals surface area contributed by atoms with Gasteiger partial charge in [0.25, 0.3) is 0 Å². The second-order valence-corrected chi connectivity index (χ2v) is 8.18. The molecule has 0 atom stereocenters. The van der Waals surface area contributed by atoms with Gasteiger partial charge in [-0.2, -0.15) is 0 Å². The number of esters is 1. The van der Waals surface area contributed by atoms with E-state index >= 15 is 0 Å². The van der Waals surface area contributed by atoms with Gasteiger partial charge in [0.05, 0.1) is 23.3 Å². The molecule has 1 aromatic carbocycles. The topological polar surface area (TPSA) is 86.1 Å². The summed E-state index contributed by atoms with van der Waals surface area (Å²) in [5, 5.41) is 14.3. The van der Waals surface area contributed by atoms with E-state index in [4.69, 9.17) is 0 Å². The molecular weight excluding hydrogens is 396 g/mol. The molecule has 2 heterocycles. The molecule has 1 fully saturated rings. The lowest BCUT2D eigenvalue weighted by atomic mass is 10.2. The van der Waals surface area contributed by atoms with E-state index in [2.05, 4.69) is 24.8 Å². The molecule has 3 aromatic rings. The van der Waals surface area contributed by atoms with Crippen LogP contribution in [0.4, 0.5) is 5.69 Å². The molecule has 0 radical (unpaired) electrons. The highest BCUT2D eigenvalue weighted by molar-refractivity contribution is 7.99. The Hall–Kier alpha value is -2.65. The SMILES string of the molecule is COC(=O)c1ccc(NC(=O)CSc2nnc(-c3cccs3)n2C2CC2)cc1. The molecule has 1 N–H and O–H groups in total. The van der Waals surface area contributed by atoms with Crippen LogP contribution in [0.1, 0.15) is 29.2 Å². The molecule has 144 valence electrons. The van der Waals surface area contributed by atoms with E-state index in [9.17, 15) is 9.59 Å². The summed E-state index contributed by atoms with van der Waals surface area (Å²) in [6.45, 7) is 0. The average Bonchev–Trinajstić information content (AvgIpc) is 3.23.